The van der Waals surface area contributed by atoms with Gasteiger partial charge in [-0.3, -0.25) is 4.79 Å². The van der Waals surface area contributed by atoms with Gasteiger partial charge in [0.05, 0.1) is 12.2 Å². The minimum absolute atomic E-state index is 0.241. The van der Waals surface area contributed by atoms with Gasteiger partial charge in [-0.05, 0) is 55.8 Å². The molecular formula is C19H16ClFN2O2. The highest BCUT2D eigenvalue weighted by Gasteiger charge is 2.13. The molecule has 0 spiro atoms. The number of hydrogen-bond donors (Lipinski definition) is 0. The Labute approximate surface area is 149 Å². The van der Waals surface area contributed by atoms with Crippen LogP contribution in [0.3, 0.4) is 0 Å². The molecule has 0 N–H and O–H groups in total. The van der Waals surface area contributed by atoms with Crippen molar-refractivity contribution in [3.63, 3.8) is 0 Å². The summed E-state index contributed by atoms with van der Waals surface area (Å²) in [5.41, 5.74) is 2.25. The molecule has 0 atom stereocenters. The van der Waals surface area contributed by atoms with Crippen molar-refractivity contribution in [1.82, 2.24) is 9.78 Å². The standard InChI is InChI=1S/C19H16ClFN2O2/c1-12-3-10-18(25-12)17(24)9-8-16-13(2)22-23(19(16)20)11-14-4-6-15(21)7-5-14/h3-10H,11H2,1-2H3/b9-8+. The topological polar surface area (TPSA) is 48.0 Å². The Balaban J connectivity index is 1.80. The number of rotatable bonds is 5. The van der Waals surface area contributed by atoms with Crippen LogP contribution in [0.2, 0.25) is 5.15 Å². The predicted octanol–water partition coefficient (Wildman–Crippen LogP) is 4.83. The fourth-order valence-corrected chi connectivity index (χ4v) is 2.73. The SMILES string of the molecule is Cc1ccc(C(=O)/C=C/c2c(C)nn(Cc3ccc(F)cc3)c2Cl)o1. The normalized spacial score (nSPS) is 11.4. The maximum Gasteiger partial charge on any atom is 0.221 e. The molecule has 0 aliphatic rings. The van der Waals surface area contributed by atoms with E-state index in [9.17, 15) is 9.18 Å². The molecule has 0 fully saturated rings. The second kappa shape index (κ2) is 7.07. The third-order valence-electron chi connectivity index (χ3n) is 3.74. The summed E-state index contributed by atoms with van der Waals surface area (Å²) in [6, 6.07) is 9.52. The van der Waals surface area contributed by atoms with Crippen LogP contribution in [0, 0.1) is 19.7 Å². The molecule has 2 heterocycles. The number of aryl methyl sites for hydroxylation is 2. The van der Waals surface area contributed by atoms with Crippen LogP contribution in [0.5, 0.6) is 0 Å². The van der Waals surface area contributed by atoms with Crippen molar-refractivity contribution >= 4 is 23.5 Å². The maximum atomic E-state index is 13.0. The average molecular weight is 359 g/mol. The number of halogens is 2. The maximum absolute atomic E-state index is 13.0. The van der Waals surface area contributed by atoms with Crippen LogP contribution in [0.25, 0.3) is 6.08 Å². The van der Waals surface area contributed by atoms with Crippen molar-refractivity contribution in [1.29, 1.82) is 0 Å². The lowest BCUT2D eigenvalue weighted by atomic mass is 10.2. The number of ketones is 1. The number of furan rings is 1. The predicted molar refractivity (Wildman–Crippen MR) is 94.3 cm³/mol. The van der Waals surface area contributed by atoms with Gasteiger partial charge in [0.25, 0.3) is 0 Å². The summed E-state index contributed by atoms with van der Waals surface area (Å²) in [4.78, 5) is 12.1. The largest absolute Gasteiger partial charge is 0.458 e. The molecule has 1 aromatic carbocycles. The molecule has 3 rings (SSSR count). The van der Waals surface area contributed by atoms with Gasteiger partial charge >= 0.3 is 0 Å². The molecule has 25 heavy (non-hydrogen) atoms. The van der Waals surface area contributed by atoms with E-state index in [1.165, 1.54) is 18.2 Å². The molecule has 128 valence electrons. The number of nitrogens with zero attached hydrogens (tertiary/aromatic N) is 2. The summed E-state index contributed by atoms with van der Waals surface area (Å²) in [7, 11) is 0. The number of carbonyl (C=O) groups excluding carboxylic acids is 1. The van der Waals surface area contributed by atoms with Crippen molar-refractivity contribution < 1.29 is 13.6 Å². The van der Waals surface area contributed by atoms with Crippen molar-refractivity contribution in [3.8, 4) is 0 Å². The monoisotopic (exact) mass is 358 g/mol. The average Bonchev–Trinajstić information content (AvgIpc) is 3.12. The molecule has 0 saturated carbocycles. The summed E-state index contributed by atoms with van der Waals surface area (Å²) < 4.78 is 19.9. The summed E-state index contributed by atoms with van der Waals surface area (Å²) >= 11 is 6.38. The summed E-state index contributed by atoms with van der Waals surface area (Å²) in [5, 5.41) is 4.81. The molecule has 0 bridgehead atoms. The van der Waals surface area contributed by atoms with Gasteiger partial charge < -0.3 is 4.42 Å². The van der Waals surface area contributed by atoms with Gasteiger partial charge in [-0.1, -0.05) is 23.7 Å². The number of allylic oxidation sites excluding steroid dienone is 1. The summed E-state index contributed by atoms with van der Waals surface area (Å²) in [5.74, 6) is 0.427. The van der Waals surface area contributed by atoms with E-state index in [0.29, 0.717) is 28.7 Å². The van der Waals surface area contributed by atoms with Gasteiger partial charge in [0.2, 0.25) is 5.78 Å². The second-order valence-corrected chi connectivity index (χ2v) is 6.04. The Hall–Kier alpha value is -2.66. The van der Waals surface area contributed by atoms with Gasteiger partial charge in [0.15, 0.2) is 5.76 Å². The van der Waals surface area contributed by atoms with Gasteiger partial charge in [-0.2, -0.15) is 5.10 Å². The fraction of sp³-hybridized carbons (Fsp3) is 0.158. The third-order valence-corrected chi connectivity index (χ3v) is 4.14. The van der Waals surface area contributed by atoms with E-state index in [-0.39, 0.29) is 17.4 Å². The molecule has 0 saturated heterocycles. The van der Waals surface area contributed by atoms with Crippen LogP contribution in [-0.4, -0.2) is 15.6 Å². The molecule has 4 nitrogen and oxygen atoms in total. The van der Waals surface area contributed by atoms with Gasteiger partial charge in [0, 0.05) is 5.56 Å². The molecule has 0 aliphatic heterocycles. The van der Waals surface area contributed by atoms with Crippen LogP contribution in [0.15, 0.2) is 46.9 Å². The van der Waals surface area contributed by atoms with Crippen LogP contribution in [0.1, 0.15) is 33.1 Å². The highest BCUT2D eigenvalue weighted by atomic mass is 35.5. The Morgan fingerprint density at radius 2 is 1.96 bits per heavy atom. The molecule has 0 unspecified atom stereocenters. The van der Waals surface area contributed by atoms with Gasteiger partial charge in [0.1, 0.15) is 16.7 Å². The van der Waals surface area contributed by atoms with Crippen LogP contribution < -0.4 is 0 Å². The minimum Gasteiger partial charge on any atom is -0.458 e. The molecular weight excluding hydrogens is 343 g/mol. The first-order chi connectivity index (χ1) is 11.9. The third kappa shape index (κ3) is 3.88. The quantitative estimate of drug-likeness (QED) is 0.485. The van der Waals surface area contributed by atoms with Gasteiger partial charge in [-0.25, -0.2) is 9.07 Å². The van der Waals surface area contributed by atoms with Crippen molar-refractivity contribution in [2.75, 3.05) is 0 Å². The van der Waals surface area contributed by atoms with E-state index in [2.05, 4.69) is 5.10 Å². The van der Waals surface area contributed by atoms with E-state index in [4.69, 9.17) is 16.0 Å². The van der Waals surface area contributed by atoms with E-state index in [1.807, 2.05) is 6.92 Å². The van der Waals surface area contributed by atoms with E-state index in [0.717, 1.165) is 5.56 Å². The highest BCUT2D eigenvalue weighted by Crippen LogP contribution is 2.23. The van der Waals surface area contributed by atoms with E-state index < -0.39 is 0 Å². The molecule has 2 aromatic heterocycles. The zero-order chi connectivity index (χ0) is 18.0. The summed E-state index contributed by atoms with van der Waals surface area (Å²) in [6.07, 6.45) is 3.04. The molecule has 0 amide bonds. The Kier molecular flexibility index (Phi) is 4.86. The first-order valence-electron chi connectivity index (χ1n) is 7.70. The van der Waals surface area contributed by atoms with Crippen molar-refractivity contribution in [3.05, 3.63) is 81.8 Å². The lowest BCUT2D eigenvalue weighted by molar-refractivity contribution is 0.102. The Morgan fingerprint density at radius 3 is 2.60 bits per heavy atom. The molecule has 3 aromatic rings. The van der Waals surface area contributed by atoms with Crippen LogP contribution in [0.4, 0.5) is 4.39 Å². The van der Waals surface area contributed by atoms with Crippen LogP contribution >= 0.6 is 11.6 Å². The molecule has 0 radical (unpaired) electrons. The van der Waals surface area contributed by atoms with E-state index in [1.54, 1.807) is 41.9 Å². The molecule has 0 aliphatic carbocycles. The Bertz CT molecular complexity index is 939. The zero-order valence-corrected chi connectivity index (χ0v) is 14.5. The first kappa shape index (κ1) is 17.2. The van der Waals surface area contributed by atoms with Gasteiger partial charge in [-0.15, -0.1) is 0 Å². The Morgan fingerprint density at radius 1 is 1.24 bits per heavy atom. The minimum atomic E-state index is -0.290. The number of aromatic nitrogens is 2. The second-order valence-electron chi connectivity index (χ2n) is 5.68. The molecule has 6 heteroatoms. The van der Waals surface area contributed by atoms with E-state index >= 15 is 0 Å². The highest BCUT2D eigenvalue weighted by molar-refractivity contribution is 6.31. The fourth-order valence-electron chi connectivity index (χ4n) is 2.43. The van der Waals surface area contributed by atoms with Crippen molar-refractivity contribution in [2.24, 2.45) is 0 Å². The van der Waals surface area contributed by atoms with Crippen LogP contribution in [-0.2, 0) is 6.54 Å². The number of benzene rings is 1. The number of carbonyl (C=O) groups is 1. The lowest BCUT2D eigenvalue weighted by Gasteiger charge is -2.03. The zero-order valence-electron chi connectivity index (χ0n) is 13.8. The lowest BCUT2D eigenvalue weighted by Crippen LogP contribution is -2.02. The summed E-state index contributed by atoms with van der Waals surface area (Å²) in [6.45, 7) is 4.01. The van der Waals surface area contributed by atoms with Crippen molar-refractivity contribution in [2.45, 2.75) is 20.4 Å². The number of hydrogen-bond acceptors (Lipinski definition) is 3. The smallest absolute Gasteiger partial charge is 0.221 e. The first-order valence-corrected chi connectivity index (χ1v) is 8.08.